The Balaban J connectivity index is 1.71. The molecule has 0 saturated carbocycles. The van der Waals surface area contributed by atoms with Crippen molar-refractivity contribution in [2.45, 2.75) is 32.0 Å². The van der Waals surface area contributed by atoms with Crippen molar-refractivity contribution in [3.63, 3.8) is 0 Å². The number of rotatable bonds is 7. The Labute approximate surface area is 208 Å². The number of carbonyl (C=O) groups is 1. The average Bonchev–Trinajstić information content (AvgIpc) is 2.87. The van der Waals surface area contributed by atoms with Crippen LogP contribution in [0.15, 0.2) is 85.7 Å². The van der Waals surface area contributed by atoms with Crippen molar-refractivity contribution >= 4 is 11.6 Å². The zero-order valence-corrected chi connectivity index (χ0v) is 20.7. The average molecular weight is 471 g/mol. The normalized spacial score (nSPS) is 19.7. The molecule has 35 heavy (non-hydrogen) atoms. The second-order valence-electron chi connectivity index (χ2n) is 9.34. The lowest BCUT2D eigenvalue weighted by Gasteiger charge is -2.47. The quantitative estimate of drug-likeness (QED) is 0.506. The van der Waals surface area contributed by atoms with E-state index < -0.39 is 0 Å². The summed E-state index contributed by atoms with van der Waals surface area (Å²) < 4.78 is 0. The standard InChI is InChI=1S/C29H34N4O2/c1-5-15-32-19-22(3)33(20-21(32)2)28(24-10-7-13-27(34)17-24)23-9-6-11-25(16-23)29(35)31(4)26-12-8-14-30-18-26/h5-14,16-18,21-22,28,34H,1,15,19-20H2,2-4H3/t21-,22+,28-/m1/s1. The zero-order chi connectivity index (χ0) is 24.9. The fourth-order valence-electron chi connectivity index (χ4n) is 4.98. The monoisotopic (exact) mass is 470 g/mol. The zero-order valence-electron chi connectivity index (χ0n) is 20.7. The van der Waals surface area contributed by atoms with Crippen molar-refractivity contribution in [2.75, 3.05) is 31.6 Å². The molecule has 1 aliphatic heterocycles. The summed E-state index contributed by atoms with van der Waals surface area (Å²) in [6.45, 7) is 11.0. The van der Waals surface area contributed by atoms with Crippen LogP contribution in [0.25, 0.3) is 0 Å². The Bertz CT molecular complexity index is 1170. The highest BCUT2D eigenvalue weighted by Crippen LogP contribution is 2.35. The Morgan fingerprint density at radius 2 is 1.86 bits per heavy atom. The fourth-order valence-corrected chi connectivity index (χ4v) is 4.98. The Morgan fingerprint density at radius 3 is 2.54 bits per heavy atom. The van der Waals surface area contributed by atoms with Crippen LogP contribution in [-0.2, 0) is 0 Å². The molecule has 0 bridgehead atoms. The molecule has 2 aromatic carbocycles. The maximum Gasteiger partial charge on any atom is 0.258 e. The lowest BCUT2D eigenvalue weighted by molar-refractivity contribution is 0.0306. The van der Waals surface area contributed by atoms with E-state index in [4.69, 9.17) is 0 Å². The molecular weight excluding hydrogens is 436 g/mol. The molecule has 0 unspecified atom stereocenters. The first-order chi connectivity index (χ1) is 16.9. The van der Waals surface area contributed by atoms with Gasteiger partial charge in [-0.25, -0.2) is 0 Å². The molecule has 2 heterocycles. The van der Waals surface area contributed by atoms with Crippen molar-refractivity contribution in [3.8, 4) is 5.75 Å². The number of benzene rings is 2. The number of carbonyl (C=O) groups excluding carboxylic acids is 1. The predicted octanol–water partition coefficient (Wildman–Crippen LogP) is 4.73. The van der Waals surface area contributed by atoms with Crippen LogP contribution in [0.5, 0.6) is 5.75 Å². The van der Waals surface area contributed by atoms with Crippen LogP contribution in [0.1, 0.15) is 41.4 Å². The fraction of sp³-hybridized carbons (Fsp3) is 0.310. The highest BCUT2D eigenvalue weighted by Gasteiger charge is 2.34. The molecule has 1 amide bonds. The molecule has 3 aromatic rings. The summed E-state index contributed by atoms with van der Waals surface area (Å²) in [5.74, 6) is 0.147. The van der Waals surface area contributed by atoms with Gasteiger partial charge in [-0.05, 0) is 61.4 Å². The first-order valence-corrected chi connectivity index (χ1v) is 12.1. The number of hydrogen-bond acceptors (Lipinski definition) is 5. The van der Waals surface area contributed by atoms with E-state index >= 15 is 0 Å². The van der Waals surface area contributed by atoms with E-state index in [1.165, 1.54) is 0 Å². The van der Waals surface area contributed by atoms with Crippen molar-refractivity contribution in [1.82, 2.24) is 14.8 Å². The third kappa shape index (κ3) is 5.45. The summed E-state index contributed by atoms with van der Waals surface area (Å²) in [4.78, 5) is 24.0. The summed E-state index contributed by atoms with van der Waals surface area (Å²) in [5, 5.41) is 10.3. The van der Waals surface area contributed by atoms with Crippen LogP contribution >= 0.6 is 0 Å². The van der Waals surface area contributed by atoms with Crippen LogP contribution in [0.2, 0.25) is 0 Å². The molecule has 1 aromatic heterocycles. The van der Waals surface area contributed by atoms with Gasteiger partial charge in [0.25, 0.3) is 5.91 Å². The van der Waals surface area contributed by atoms with Gasteiger partial charge in [0.1, 0.15) is 5.75 Å². The highest BCUT2D eigenvalue weighted by molar-refractivity contribution is 6.05. The van der Waals surface area contributed by atoms with Gasteiger partial charge < -0.3 is 10.0 Å². The summed E-state index contributed by atoms with van der Waals surface area (Å²) in [6.07, 6.45) is 5.34. The molecule has 0 radical (unpaired) electrons. The lowest BCUT2D eigenvalue weighted by atomic mass is 9.92. The molecule has 4 rings (SSSR count). The van der Waals surface area contributed by atoms with Crippen molar-refractivity contribution in [2.24, 2.45) is 0 Å². The summed E-state index contributed by atoms with van der Waals surface area (Å²) in [6, 6.07) is 19.5. The van der Waals surface area contributed by atoms with Gasteiger partial charge in [-0.2, -0.15) is 0 Å². The second-order valence-corrected chi connectivity index (χ2v) is 9.34. The minimum atomic E-state index is -0.0955. The molecule has 6 heteroatoms. The number of phenolic OH excluding ortho intramolecular Hbond substituents is 1. The minimum absolute atomic E-state index is 0.0910. The third-order valence-electron chi connectivity index (χ3n) is 6.83. The number of anilines is 1. The Hall–Kier alpha value is -3.48. The molecule has 6 nitrogen and oxygen atoms in total. The van der Waals surface area contributed by atoms with Gasteiger partial charge in [0.05, 0.1) is 17.9 Å². The second kappa shape index (κ2) is 10.8. The Kier molecular flexibility index (Phi) is 7.63. The molecule has 1 aliphatic rings. The number of phenols is 1. The van der Waals surface area contributed by atoms with Crippen LogP contribution < -0.4 is 4.90 Å². The largest absolute Gasteiger partial charge is 0.508 e. The van der Waals surface area contributed by atoms with Crippen molar-refractivity contribution < 1.29 is 9.90 Å². The molecule has 3 atom stereocenters. The van der Waals surface area contributed by atoms with E-state index in [1.54, 1.807) is 30.4 Å². The van der Waals surface area contributed by atoms with E-state index in [0.717, 1.165) is 36.4 Å². The molecule has 0 spiro atoms. The first kappa shape index (κ1) is 24.6. The van der Waals surface area contributed by atoms with Crippen LogP contribution in [-0.4, -0.2) is 64.6 Å². The molecule has 182 valence electrons. The number of aromatic nitrogens is 1. The van der Waals surface area contributed by atoms with E-state index in [1.807, 2.05) is 54.6 Å². The molecule has 1 saturated heterocycles. The maximum absolute atomic E-state index is 13.3. The molecule has 1 fully saturated rings. The van der Waals surface area contributed by atoms with Crippen molar-refractivity contribution in [3.05, 3.63) is 102 Å². The van der Waals surface area contributed by atoms with E-state index in [0.29, 0.717) is 11.6 Å². The van der Waals surface area contributed by atoms with Gasteiger partial charge in [0.15, 0.2) is 0 Å². The van der Waals surface area contributed by atoms with E-state index in [-0.39, 0.29) is 23.7 Å². The minimum Gasteiger partial charge on any atom is -0.508 e. The smallest absolute Gasteiger partial charge is 0.258 e. The summed E-state index contributed by atoms with van der Waals surface area (Å²) >= 11 is 0. The maximum atomic E-state index is 13.3. The summed E-state index contributed by atoms with van der Waals surface area (Å²) in [7, 11) is 1.77. The topological polar surface area (TPSA) is 59.9 Å². The highest BCUT2D eigenvalue weighted by atomic mass is 16.3. The molecule has 0 aliphatic carbocycles. The number of piperazine rings is 1. The third-order valence-corrected chi connectivity index (χ3v) is 6.83. The molecule has 1 N–H and O–H groups in total. The van der Waals surface area contributed by atoms with Crippen LogP contribution in [0.4, 0.5) is 5.69 Å². The van der Waals surface area contributed by atoms with Gasteiger partial charge >= 0.3 is 0 Å². The number of nitrogens with zero attached hydrogens (tertiary/aromatic N) is 4. The molecular formula is C29H34N4O2. The number of pyridine rings is 1. The van der Waals surface area contributed by atoms with E-state index in [2.05, 4.69) is 41.3 Å². The lowest BCUT2D eigenvalue weighted by Crippen LogP contribution is -2.57. The van der Waals surface area contributed by atoms with Crippen molar-refractivity contribution in [1.29, 1.82) is 0 Å². The Morgan fingerprint density at radius 1 is 1.11 bits per heavy atom. The van der Waals surface area contributed by atoms with Gasteiger partial charge in [-0.15, -0.1) is 6.58 Å². The number of aromatic hydroxyl groups is 1. The van der Waals surface area contributed by atoms with Gasteiger partial charge in [-0.3, -0.25) is 19.6 Å². The predicted molar refractivity (Wildman–Crippen MR) is 141 cm³/mol. The van der Waals surface area contributed by atoms with Crippen LogP contribution in [0.3, 0.4) is 0 Å². The van der Waals surface area contributed by atoms with E-state index in [9.17, 15) is 9.90 Å². The summed E-state index contributed by atoms with van der Waals surface area (Å²) in [5.41, 5.74) is 3.39. The van der Waals surface area contributed by atoms with Crippen LogP contribution in [0, 0.1) is 0 Å². The van der Waals surface area contributed by atoms with Gasteiger partial charge in [0.2, 0.25) is 0 Å². The SMILES string of the molecule is C=CCN1C[C@H](C)N([C@@H](c2cccc(O)c2)c2cccc(C(=O)N(C)c3cccnc3)c2)C[C@H]1C. The first-order valence-electron chi connectivity index (χ1n) is 12.1. The van der Waals surface area contributed by atoms with Gasteiger partial charge in [-0.1, -0.05) is 30.3 Å². The number of amides is 1. The van der Waals surface area contributed by atoms with Gasteiger partial charge in [0, 0.05) is 50.5 Å². The number of hydrogen-bond donors (Lipinski definition) is 1.